The number of carbonyl (C=O) groups excluding carboxylic acids is 2. The second-order valence-corrected chi connectivity index (χ2v) is 8.54. The molecule has 0 bridgehead atoms. The van der Waals surface area contributed by atoms with E-state index in [9.17, 15) is 14.7 Å². The largest absolute Gasteiger partial charge is 0.506 e. The summed E-state index contributed by atoms with van der Waals surface area (Å²) in [6.45, 7) is 1.66. The average molecular weight is 442 g/mol. The van der Waals surface area contributed by atoms with E-state index >= 15 is 0 Å². The molecule has 0 radical (unpaired) electrons. The Morgan fingerprint density at radius 3 is 2.12 bits per heavy atom. The average Bonchev–Trinajstić information content (AvgIpc) is 3.07. The number of Topliss-reactive ketones (excluding diaryl/α,β-unsaturated/α-hetero) is 1. The van der Waals surface area contributed by atoms with Crippen LogP contribution in [-0.4, -0.2) is 29.1 Å². The molecule has 0 fully saturated rings. The predicted octanol–water partition coefficient (Wildman–Crippen LogP) is 4.95. The number of rotatable bonds is 4. The van der Waals surface area contributed by atoms with Crippen LogP contribution < -0.4 is 10.3 Å². The molecule has 32 heavy (non-hydrogen) atoms. The highest BCUT2D eigenvalue weighted by Crippen LogP contribution is 2.47. The molecule has 0 atom stereocenters. The molecule has 2 aliphatic rings. The molecule has 0 aromatic heterocycles. The highest BCUT2D eigenvalue weighted by molar-refractivity contribution is 7.99. The fraction of sp³-hybridized carbons (Fsp3) is 0.0800. The van der Waals surface area contributed by atoms with Gasteiger partial charge in [0.15, 0.2) is 5.78 Å². The number of ketones is 1. The molecule has 5 rings (SSSR count). The number of hydrogen-bond donors (Lipinski definition) is 2. The van der Waals surface area contributed by atoms with Gasteiger partial charge in [0, 0.05) is 20.9 Å². The molecule has 1 aliphatic heterocycles. The summed E-state index contributed by atoms with van der Waals surface area (Å²) in [7, 11) is 0. The molecule has 3 aromatic carbocycles. The van der Waals surface area contributed by atoms with Crippen molar-refractivity contribution in [1.29, 1.82) is 0 Å². The number of fused-ring (bicyclic) bond motifs is 3. The number of allylic oxidation sites excluding steroid dienone is 1. The predicted molar refractivity (Wildman–Crippen MR) is 126 cm³/mol. The maximum absolute atomic E-state index is 12.8. The van der Waals surface area contributed by atoms with E-state index in [1.165, 1.54) is 0 Å². The Morgan fingerprint density at radius 1 is 0.938 bits per heavy atom. The Kier molecular flexibility index (Phi) is 5.03. The second kappa shape index (κ2) is 8.01. The summed E-state index contributed by atoms with van der Waals surface area (Å²) in [5.74, 6) is -0.745. The Labute approximate surface area is 189 Å². The summed E-state index contributed by atoms with van der Waals surface area (Å²) in [6, 6.07) is 22.7. The van der Waals surface area contributed by atoms with Gasteiger partial charge in [-0.05, 0) is 31.2 Å². The van der Waals surface area contributed by atoms with Crippen molar-refractivity contribution in [1.82, 2.24) is 5.43 Å². The number of anilines is 2. The molecule has 0 unspecified atom stereocenters. The van der Waals surface area contributed by atoms with Gasteiger partial charge in [0.2, 0.25) is 0 Å². The molecule has 158 valence electrons. The summed E-state index contributed by atoms with van der Waals surface area (Å²) in [5.41, 5.74) is 5.72. The van der Waals surface area contributed by atoms with Gasteiger partial charge in [-0.3, -0.25) is 9.59 Å². The van der Waals surface area contributed by atoms with Crippen molar-refractivity contribution < 1.29 is 14.7 Å². The molecule has 2 N–H and O–H groups in total. The SMILES string of the molecule is C/C(=N\NC(=O)CN1c2ccccc2Sc2ccccc21)C1=C(O)c2ccccc2C1=O. The second-order valence-electron chi connectivity index (χ2n) is 7.45. The standard InChI is InChI=1S/C25H19N3O3S/c1-15(23-24(30)16-8-2-3-9-17(16)25(23)31)26-27-22(29)14-28-18-10-4-6-12-20(18)32-21-13-7-5-11-19(21)28/h2-13,30H,14H2,1H3,(H,27,29)/b26-15+. The van der Waals surface area contributed by atoms with Crippen molar-refractivity contribution in [2.45, 2.75) is 16.7 Å². The highest BCUT2D eigenvalue weighted by Gasteiger charge is 2.31. The molecule has 1 amide bonds. The normalized spacial score (nSPS) is 14.7. The lowest BCUT2D eigenvalue weighted by Gasteiger charge is -2.31. The zero-order valence-electron chi connectivity index (χ0n) is 17.2. The van der Waals surface area contributed by atoms with Crippen LogP contribution in [0.1, 0.15) is 22.8 Å². The number of hydrogen-bond acceptors (Lipinski definition) is 6. The van der Waals surface area contributed by atoms with Gasteiger partial charge in [0.25, 0.3) is 5.91 Å². The number of para-hydroxylation sites is 2. The third-order valence-corrected chi connectivity index (χ3v) is 6.56. The molecule has 0 saturated heterocycles. The van der Waals surface area contributed by atoms with E-state index in [-0.39, 0.29) is 35.3 Å². The van der Waals surface area contributed by atoms with Crippen LogP contribution in [0.4, 0.5) is 11.4 Å². The van der Waals surface area contributed by atoms with Crippen LogP contribution in [0.3, 0.4) is 0 Å². The van der Waals surface area contributed by atoms with Crippen LogP contribution in [0.25, 0.3) is 5.76 Å². The molecule has 6 nitrogen and oxygen atoms in total. The van der Waals surface area contributed by atoms with Crippen molar-refractivity contribution in [3.05, 3.63) is 89.5 Å². The van der Waals surface area contributed by atoms with Crippen molar-refractivity contribution in [3.63, 3.8) is 0 Å². The molecule has 0 saturated carbocycles. The van der Waals surface area contributed by atoms with Gasteiger partial charge < -0.3 is 10.0 Å². The lowest BCUT2D eigenvalue weighted by Crippen LogP contribution is -2.34. The van der Waals surface area contributed by atoms with Crippen LogP contribution in [0.2, 0.25) is 0 Å². The highest BCUT2D eigenvalue weighted by atomic mass is 32.2. The topological polar surface area (TPSA) is 82.0 Å². The zero-order chi connectivity index (χ0) is 22.2. The summed E-state index contributed by atoms with van der Waals surface area (Å²) >= 11 is 1.67. The molecular formula is C25H19N3O3S. The van der Waals surface area contributed by atoms with E-state index < -0.39 is 0 Å². The first-order chi connectivity index (χ1) is 15.5. The molecule has 0 spiro atoms. The number of aliphatic hydroxyl groups is 1. The molecule has 3 aromatic rings. The third kappa shape index (κ3) is 3.36. The minimum atomic E-state index is -0.330. The number of aliphatic hydroxyl groups excluding tert-OH is 1. The number of carbonyl (C=O) groups is 2. The summed E-state index contributed by atoms with van der Waals surface area (Å²) in [4.78, 5) is 29.6. The maximum Gasteiger partial charge on any atom is 0.260 e. The van der Waals surface area contributed by atoms with Crippen LogP contribution in [0, 0.1) is 0 Å². The van der Waals surface area contributed by atoms with Gasteiger partial charge in [-0.15, -0.1) is 0 Å². The Balaban J connectivity index is 1.37. The molecule has 7 heteroatoms. The van der Waals surface area contributed by atoms with Crippen molar-refractivity contribution in [2.75, 3.05) is 11.4 Å². The van der Waals surface area contributed by atoms with Gasteiger partial charge in [-0.1, -0.05) is 60.3 Å². The summed E-state index contributed by atoms with van der Waals surface area (Å²) in [6.07, 6.45) is 0. The van der Waals surface area contributed by atoms with E-state index in [1.54, 1.807) is 43.0 Å². The van der Waals surface area contributed by atoms with Gasteiger partial charge in [-0.25, -0.2) is 5.43 Å². The molecule has 1 aliphatic carbocycles. The fourth-order valence-corrected chi connectivity index (χ4v) is 5.03. The number of hydrazone groups is 1. The monoisotopic (exact) mass is 441 g/mol. The van der Waals surface area contributed by atoms with Gasteiger partial charge >= 0.3 is 0 Å². The maximum atomic E-state index is 12.8. The van der Waals surface area contributed by atoms with E-state index in [4.69, 9.17) is 0 Å². The van der Waals surface area contributed by atoms with Crippen molar-refractivity contribution >= 4 is 46.3 Å². The Bertz CT molecular complexity index is 1280. The van der Waals surface area contributed by atoms with Crippen LogP contribution in [-0.2, 0) is 4.79 Å². The van der Waals surface area contributed by atoms with E-state index in [0.29, 0.717) is 11.1 Å². The van der Waals surface area contributed by atoms with E-state index in [2.05, 4.69) is 10.5 Å². The van der Waals surface area contributed by atoms with Crippen LogP contribution in [0.15, 0.2) is 93.3 Å². The third-order valence-electron chi connectivity index (χ3n) is 5.43. The van der Waals surface area contributed by atoms with E-state index in [0.717, 1.165) is 21.2 Å². The number of amides is 1. The first kappa shape index (κ1) is 20.1. The lowest BCUT2D eigenvalue weighted by atomic mass is 10.1. The first-order valence-electron chi connectivity index (χ1n) is 10.1. The molecular weight excluding hydrogens is 422 g/mol. The fourth-order valence-electron chi connectivity index (χ4n) is 3.93. The minimum Gasteiger partial charge on any atom is -0.506 e. The zero-order valence-corrected chi connectivity index (χ0v) is 18.0. The summed E-state index contributed by atoms with van der Waals surface area (Å²) < 4.78 is 0. The lowest BCUT2D eigenvalue weighted by molar-refractivity contribution is -0.119. The first-order valence-corrected chi connectivity index (χ1v) is 10.9. The number of nitrogens with one attached hydrogen (secondary N) is 1. The van der Waals surface area contributed by atoms with Crippen molar-refractivity contribution in [3.8, 4) is 0 Å². The van der Waals surface area contributed by atoms with E-state index in [1.807, 2.05) is 53.4 Å². The van der Waals surface area contributed by atoms with Crippen LogP contribution >= 0.6 is 11.8 Å². The Morgan fingerprint density at radius 2 is 1.50 bits per heavy atom. The summed E-state index contributed by atoms with van der Waals surface area (Å²) in [5, 5.41) is 14.6. The van der Waals surface area contributed by atoms with Gasteiger partial charge in [-0.2, -0.15) is 5.10 Å². The van der Waals surface area contributed by atoms with Crippen LogP contribution in [0.5, 0.6) is 0 Å². The van der Waals surface area contributed by atoms with Gasteiger partial charge in [0.1, 0.15) is 12.3 Å². The number of nitrogens with zero attached hydrogens (tertiary/aromatic N) is 2. The molecule has 1 heterocycles. The quantitative estimate of drug-likeness (QED) is 0.442. The van der Waals surface area contributed by atoms with Crippen molar-refractivity contribution in [2.24, 2.45) is 5.10 Å². The van der Waals surface area contributed by atoms with Gasteiger partial charge in [0.05, 0.1) is 22.7 Å². The number of benzene rings is 3. The smallest absolute Gasteiger partial charge is 0.260 e. The minimum absolute atomic E-state index is 0.0601. The Hall–Kier alpha value is -3.84.